The van der Waals surface area contributed by atoms with Crippen molar-refractivity contribution in [2.24, 2.45) is 17.8 Å². The monoisotopic (exact) mass is 288 g/mol. The van der Waals surface area contributed by atoms with Crippen LogP contribution in [0.25, 0.3) is 0 Å². The van der Waals surface area contributed by atoms with Crippen LogP contribution in [0.1, 0.15) is 40.0 Å². The maximum Gasteiger partial charge on any atom is 0.346 e. The molecule has 0 amide bonds. The topological polar surface area (TPSA) is 55.8 Å². The molecule has 0 aromatic rings. The Hall–Kier alpha value is -0.260. The van der Waals surface area contributed by atoms with Gasteiger partial charge in [-0.25, -0.2) is 4.79 Å². The van der Waals surface area contributed by atoms with Gasteiger partial charge in [0.1, 0.15) is 6.10 Å². The van der Waals surface area contributed by atoms with Gasteiger partial charge in [0.15, 0.2) is 6.29 Å². The van der Waals surface area contributed by atoms with Gasteiger partial charge in [0, 0.05) is 5.75 Å². The summed E-state index contributed by atoms with van der Waals surface area (Å²) in [4.78, 5) is 12.1. The number of carbonyl (C=O) groups is 1. The zero-order valence-corrected chi connectivity index (χ0v) is 12.7. The number of aliphatic hydroxyl groups excluding tert-OH is 1. The van der Waals surface area contributed by atoms with E-state index in [0.717, 1.165) is 12.8 Å². The van der Waals surface area contributed by atoms with Gasteiger partial charge in [-0.2, -0.15) is 0 Å². The van der Waals surface area contributed by atoms with Crippen molar-refractivity contribution in [3.05, 3.63) is 0 Å². The minimum Gasteiger partial charge on any atom is -0.459 e. The van der Waals surface area contributed by atoms with E-state index >= 15 is 0 Å². The van der Waals surface area contributed by atoms with Crippen LogP contribution in [0.4, 0.5) is 0 Å². The summed E-state index contributed by atoms with van der Waals surface area (Å²) in [7, 11) is 0. The Morgan fingerprint density at radius 1 is 1.42 bits per heavy atom. The smallest absolute Gasteiger partial charge is 0.346 e. The summed E-state index contributed by atoms with van der Waals surface area (Å²) in [5, 5.41) is 9.29. The van der Waals surface area contributed by atoms with Crippen molar-refractivity contribution >= 4 is 17.7 Å². The van der Waals surface area contributed by atoms with Crippen LogP contribution in [0.2, 0.25) is 0 Å². The fourth-order valence-corrected chi connectivity index (χ4v) is 3.79. The number of hydrogen-bond acceptors (Lipinski definition) is 5. The highest BCUT2D eigenvalue weighted by Crippen LogP contribution is 2.36. The van der Waals surface area contributed by atoms with E-state index in [-0.39, 0.29) is 12.1 Å². The van der Waals surface area contributed by atoms with Gasteiger partial charge in [-0.05, 0) is 30.6 Å². The Balaban J connectivity index is 1.92. The molecule has 0 aromatic heterocycles. The summed E-state index contributed by atoms with van der Waals surface area (Å²) in [6.07, 6.45) is 2.43. The summed E-state index contributed by atoms with van der Waals surface area (Å²) in [5.41, 5.74) is -0.653. The first-order valence-electron chi connectivity index (χ1n) is 7.13. The van der Waals surface area contributed by atoms with Gasteiger partial charge in [-0.15, -0.1) is 11.8 Å². The Bertz CT molecular complexity index is 321. The summed E-state index contributed by atoms with van der Waals surface area (Å²) in [6, 6.07) is 0. The number of carbonyl (C=O) groups excluding carboxylic acids is 1. The van der Waals surface area contributed by atoms with E-state index in [4.69, 9.17) is 9.47 Å². The first-order valence-corrected chi connectivity index (χ1v) is 8.18. The van der Waals surface area contributed by atoms with Crippen LogP contribution in [-0.4, -0.2) is 34.7 Å². The van der Waals surface area contributed by atoms with E-state index in [1.54, 1.807) is 0 Å². The molecule has 0 spiro atoms. The number of ether oxygens (including phenoxy) is 2. The van der Waals surface area contributed by atoms with Crippen molar-refractivity contribution in [1.29, 1.82) is 0 Å². The first kappa shape index (κ1) is 15.1. The average molecular weight is 288 g/mol. The molecule has 5 atom stereocenters. The Labute approximate surface area is 119 Å². The van der Waals surface area contributed by atoms with E-state index in [1.807, 2.05) is 0 Å². The van der Waals surface area contributed by atoms with Crippen molar-refractivity contribution in [1.82, 2.24) is 0 Å². The van der Waals surface area contributed by atoms with Crippen LogP contribution in [0, 0.1) is 17.8 Å². The van der Waals surface area contributed by atoms with Gasteiger partial charge in [-0.1, -0.05) is 27.2 Å². The van der Waals surface area contributed by atoms with Crippen molar-refractivity contribution in [2.75, 3.05) is 5.75 Å². The fourth-order valence-electron chi connectivity index (χ4n) is 2.97. The molecule has 0 bridgehead atoms. The summed E-state index contributed by atoms with van der Waals surface area (Å²) in [6.45, 7) is 6.58. The normalized spacial score (nSPS) is 39.5. The van der Waals surface area contributed by atoms with E-state index < -0.39 is 11.7 Å². The SMILES string of the molecule is CC(C)C1CC[C@@H](C)C[C@H]1OC(=O)C1OC(O)CS1. The van der Waals surface area contributed by atoms with Crippen LogP contribution in [0.5, 0.6) is 0 Å². The molecule has 0 radical (unpaired) electrons. The minimum absolute atomic E-state index is 0.00167. The number of rotatable bonds is 3. The van der Waals surface area contributed by atoms with Gasteiger partial charge in [0.2, 0.25) is 5.44 Å². The summed E-state index contributed by atoms with van der Waals surface area (Å²) < 4.78 is 10.8. The molecule has 2 rings (SSSR count). The van der Waals surface area contributed by atoms with Crippen LogP contribution in [0.3, 0.4) is 0 Å². The second kappa shape index (κ2) is 6.46. The molecule has 1 saturated carbocycles. The molecule has 3 unspecified atom stereocenters. The lowest BCUT2D eigenvalue weighted by molar-refractivity contribution is -0.172. The maximum absolute atomic E-state index is 12.1. The molecule has 1 aliphatic heterocycles. The number of aliphatic hydroxyl groups is 1. The van der Waals surface area contributed by atoms with Crippen molar-refractivity contribution in [3.8, 4) is 0 Å². The lowest BCUT2D eigenvalue weighted by Gasteiger charge is -2.37. The molecule has 110 valence electrons. The van der Waals surface area contributed by atoms with E-state index in [9.17, 15) is 9.90 Å². The number of hydrogen-bond donors (Lipinski definition) is 1. The summed E-state index contributed by atoms with van der Waals surface area (Å²) in [5.74, 6) is 1.68. The van der Waals surface area contributed by atoms with Gasteiger partial charge < -0.3 is 14.6 Å². The number of thioether (sulfide) groups is 1. The van der Waals surface area contributed by atoms with E-state index in [2.05, 4.69) is 20.8 Å². The molecule has 1 heterocycles. The molecule has 1 saturated heterocycles. The molecule has 4 nitrogen and oxygen atoms in total. The second-order valence-electron chi connectivity index (χ2n) is 6.06. The molecular formula is C14H24O4S. The minimum atomic E-state index is -0.839. The highest BCUT2D eigenvalue weighted by Gasteiger charge is 2.37. The lowest BCUT2D eigenvalue weighted by Crippen LogP contribution is -2.38. The largest absolute Gasteiger partial charge is 0.459 e. The molecule has 19 heavy (non-hydrogen) atoms. The second-order valence-corrected chi connectivity index (χ2v) is 7.15. The quantitative estimate of drug-likeness (QED) is 0.808. The molecule has 1 aliphatic carbocycles. The number of esters is 1. The van der Waals surface area contributed by atoms with Gasteiger partial charge in [-0.3, -0.25) is 0 Å². The van der Waals surface area contributed by atoms with Crippen LogP contribution in [0.15, 0.2) is 0 Å². The average Bonchev–Trinajstić information content (AvgIpc) is 2.75. The zero-order valence-electron chi connectivity index (χ0n) is 11.9. The highest BCUT2D eigenvalue weighted by atomic mass is 32.2. The third-order valence-corrected chi connectivity index (χ3v) is 5.18. The molecule has 5 heteroatoms. The maximum atomic E-state index is 12.1. The predicted molar refractivity (Wildman–Crippen MR) is 74.6 cm³/mol. The van der Waals surface area contributed by atoms with Gasteiger partial charge >= 0.3 is 5.97 Å². The Kier molecular flexibility index (Phi) is 5.15. The highest BCUT2D eigenvalue weighted by molar-refractivity contribution is 8.00. The molecule has 1 N–H and O–H groups in total. The van der Waals surface area contributed by atoms with E-state index in [0.29, 0.717) is 23.5 Å². The standard InChI is InChI=1S/C14H24O4S/c1-8(2)10-5-4-9(3)6-11(10)17-13(16)14-18-12(15)7-19-14/h8-12,14-15H,4-7H2,1-3H3/t9-,10?,11-,12?,14?/m1/s1. The third kappa shape index (κ3) is 3.86. The van der Waals surface area contributed by atoms with Crippen molar-refractivity contribution in [2.45, 2.75) is 57.9 Å². The molecule has 2 aliphatic rings. The Morgan fingerprint density at radius 3 is 2.74 bits per heavy atom. The molecule has 2 fully saturated rings. The van der Waals surface area contributed by atoms with Crippen LogP contribution < -0.4 is 0 Å². The van der Waals surface area contributed by atoms with Crippen LogP contribution >= 0.6 is 11.8 Å². The van der Waals surface area contributed by atoms with Crippen LogP contribution in [-0.2, 0) is 14.3 Å². The lowest BCUT2D eigenvalue weighted by atomic mass is 9.75. The molecule has 0 aromatic carbocycles. The first-order chi connectivity index (χ1) is 8.97. The van der Waals surface area contributed by atoms with Crippen molar-refractivity contribution < 1.29 is 19.4 Å². The van der Waals surface area contributed by atoms with Gasteiger partial charge in [0.25, 0.3) is 0 Å². The van der Waals surface area contributed by atoms with Gasteiger partial charge in [0.05, 0.1) is 0 Å². The third-order valence-electron chi connectivity index (χ3n) is 4.09. The summed E-state index contributed by atoms with van der Waals surface area (Å²) >= 11 is 1.31. The zero-order chi connectivity index (χ0) is 14.0. The predicted octanol–water partition coefficient (Wildman–Crippen LogP) is 2.40. The van der Waals surface area contributed by atoms with E-state index in [1.165, 1.54) is 18.2 Å². The Morgan fingerprint density at radius 2 is 2.16 bits per heavy atom. The fraction of sp³-hybridized carbons (Fsp3) is 0.929. The van der Waals surface area contributed by atoms with Crippen molar-refractivity contribution in [3.63, 3.8) is 0 Å². The molecular weight excluding hydrogens is 264 g/mol.